The predicted octanol–water partition coefficient (Wildman–Crippen LogP) is 2.67. The molecule has 0 spiro atoms. The Morgan fingerprint density at radius 2 is 2.00 bits per heavy atom. The fourth-order valence-corrected chi connectivity index (χ4v) is 3.05. The lowest BCUT2D eigenvalue weighted by atomic mass is 10.1. The second-order valence-corrected chi connectivity index (χ2v) is 6.52. The van der Waals surface area contributed by atoms with Gasteiger partial charge in [-0.25, -0.2) is 0 Å². The van der Waals surface area contributed by atoms with E-state index in [9.17, 15) is 14.4 Å². The van der Waals surface area contributed by atoms with Crippen LogP contribution >= 0.6 is 11.8 Å². The molecular weight excluding hydrogens is 300 g/mol. The van der Waals surface area contributed by atoms with Crippen LogP contribution in [0.15, 0.2) is 24.3 Å². The number of benzene rings is 1. The third kappa shape index (κ3) is 4.34. The Hall–Kier alpha value is -1.82. The highest BCUT2D eigenvalue weighted by atomic mass is 32.2. The number of nitrogens with zero attached hydrogens (tertiary/aromatic N) is 1. The molecule has 1 atom stereocenters. The molecule has 1 unspecified atom stereocenters. The van der Waals surface area contributed by atoms with Crippen molar-refractivity contribution in [3.8, 4) is 0 Å². The monoisotopic (exact) mass is 320 g/mol. The standard InChI is InChI=1S/C16H20N2O3S/c1-3-15(20)17-13-4-6-14(7-5-13)18-9-12(8-16(18)21)10-22-11(2)19/h4-7,12H,3,8-10H2,1-2H3,(H,17,20). The van der Waals surface area contributed by atoms with E-state index >= 15 is 0 Å². The van der Waals surface area contributed by atoms with E-state index in [1.165, 1.54) is 11.8 Å². The van der Waals surface area contributed by atoms with Gasteiger partial charge in [-0.3, -0.25) is 14.4 Å². The van der Waals surface area contributed by atoms with Crippen LogP contribution in [0.1, 0.15) is 26.7 Å². The molecule has 1 saturated heterocycles. The number of rotatable bonds is 5. The van der Waals surface area contributed by atoms with E-state index < -0.39 is 0 Å². The first-order valence-electron chi connectivity index (χ1n) is 7.33. The molecule has 0 saturated carbocycles. The molecule has 1 aliphatic heterocycles. The quantitative estimate of drug-likeness (QED) is 0.906. The maximum Gasteiger partial charge on any atom is 0.227 e. The zero-order valence-corrected chi connectivity index (χ0v) is 13.6. The van der Waals surface area contributed by atoms with Crippen LogP contribution in [0.3, 0.4) is 0 Å². The Morgan fingerprint density at radius 1 is 1.32 bits per heavy atom. The molecule has 22 heavy (non-hydrogen) atoms. The summed E-state index contributed by atoms with van der Waals surface area (Å²) in [6.07, 6.45) is 0.913. The molecule has 0 aromatic heterocycles. The first-order chi connectivity index (χ1) is 10.5. The summed E-state index contributed by atoms with van der Waals surface area (Å²) in [6, 6.07) is 7.27. The lowest BCUT2D eigenvalue weighted by Crippen LogP contribution is -2.24. The van der Waals surface area contributed by atoms with E-state index in [0.29, 0.717) is 25.1 Å². The number of anilines is 2. The Morgan fingerprint density at radius 3 is 2.59 bits per heavy atom. The maximum atomic E-state index is 12.1. The molecule has 0 bridgehead atoms. The van der Waals surface area contributed by atoms with Crippen molar-refractivity contribution in [2.24, 2.45) is 5.92 Å². The second kappa shape index (κ2) is 7.45. The highest BCUT2D eigenvalue weighted by molar-refractivity contribution is 8.13. The summed E-state index contributed by atoms with van der Waals surface area (Å²) in [5.74, 6) is 0.939. The van der Waals surface area contributed by atoms with Crippen molar-refractivity contribution < 1.29 is 14.4 Å². The molecule has 118 valence electrons. The van der Waals surface area contributed by atoms with Crippen molar-refractivity contribution in [3.05, 3.63) is 24.3 Å². The highest BCUT2D eigenvalue weighted by Crippen LogP contribution is 2.28. The van der Waals surface area contributed by atoms with Crippen molar-refractivity contribution in [1.29, 1.82) is 0 Å². The summed E-state index contributed by atoms with van der Waals surface area (Å²) in [4.78, 5) is 36.2. The molecule has 1 aromatic carbocycles. The Kier molecular flexibility index (Phi) is 5.60. The second-order valence-electron chi connectivity index (χ2n) is 5.33. The van der Waals surface area contributed by atoms with Crippen LogP contribution in [0.4, 0.5) is 11.4 Å². The largest absolute Gasteiger partial charge is 0.326 e. The zero-order valence-electron chi connectivity index (χ0n) is 12.8. The molecule has 1 aromatic rings. The number of carbonyl (C=O) groups excluding carboxylic acids is 3. The molecule has 5 nitrogen and oxygen atoms in total. The van der Waals surface area contributed by atoms with Gasteiger partial charge in [-0.15, -0.1) is 0 Å². The fraction of sp³-hybridized carbons (Fsp3) is 0.438. The van der Waals surface area contributed by atoms with Gasteiger partial charge in [0.15, 0.2) is 5.12 Å². The molecule has 0 radical (unpaired) electrons. The zero-order chi connectivity index (χ0) is 16.1. The minimum absolute atomic E-state index is 0.0358. The van der Waals surface area contributed by atoms with Gasteiger partial charge < -0.3 is 10.2 Å². The number of nitrogens with one attached hydrogen (secondary N) is 1. The van der Waals surface area contributed by atoms with Crippen LogP contribution in [-0.4, -0.2) is 29.2 Å². The van der Waals surface area contributed by atoms with Crippen molar-refractivity contribution in [1.82, 2.24) is 0 Å². The van der Waals surface area contributed by atoms with Crippen molar-refractivity contribution in [2.45, 2.75) is 26.7 Å². The van der Waals surface area contributed by atoms with E-state index in [1.807, 2.05) is 12.1 Å². The molecule has 1 aliphatic rings. The van der Waals surface area contributed by atoms with Gasteiger partial charge in [-0.2, -0.15) is 0 Å². The van der Waals surface area contributed by atoms with Crippen molar-refractivity contribution in [3.63, 3.8) is 0 Å². The third-order valence-corrected chi connectivity index (χ3v) is 4.56. The summed E-state index contributed by atoms with van der Waals surface area (Å²) in [5.41, 5.74) is 1.56. The molecule has 6 heteroatoms. The highest BCUT2D eigenvalue weighted by Gasteiger charge is 2.30. The predicted molar refractivity (Wildman–Crippen MR) is 89.0 cm³/mol. The van der Waals surface area contributed by atoms with Crippen LogP contribution in [0, 0.1) is 5.92 Å². The van der Waals surface area contributed by atoms with Crippen LogP contribution in [0.25, 0.3) is 0 Å². The van der Waals surface area contributed by atoms with Crippen LogP contribution in [0.2, 0.25) is 0 Å². The van der Waals surface area contributed by atoms with Gasteiger partial charge in [0, 0.05) is 43.4 Å². The van der Waals surface area contributed by atoms with Gasteiger partial charge in [0.2, 0.25) is 11.8 Å². The molecule has 0 aliphatic carbocycles. The summed E-state index contributed by atoms with van der Waals surface area (Å²) in [5, 5.41) is 2.86. The lowest BCUT2D eigenvalue weighted by molar-refractivity contribution is -0.117. The lowest BCUT2D eigenvalue weighted by Gasteiger charge is -2.17. The van der Waals surface area contributed by atoms with E-state index in [2.05, 4.69) is 5.32 Å². The Labute approximate surface area is 134 Å². The topological polar surface area (TPSA) is 66.5 Å². The van der Waals surface area contributed by atoms with E-state index in [0.717, 1.165) is 11.4 Å². The van der Waals surface area contributed by atoms with Gasteiger partial charge >= 0.3 is 0 Å². The molecule has 1 fully saturated rings. The fourth-order valence-electron chi connectivity index (χ4n) is 2.35. The van der Waals surface area contributed by atoms with E-state index in [-0.39, 0.29) is 22.8 Å². The number of amides is 2. The summed E-state index contributed by atoms with van der Waals surface area (Å²) in [7, 11) is 0. The first-order valence-corrected chi connectivity index (χ1v) is 8.31. The summed E-state index contributed by atoms with van der Waals surface area (Å²) >= 11 is 1.27. The SMILES string of the molecule is CCC(=O)Nc1ccc(N2CC(CSC(C)=O)CC2=O)cc1. The van der Waals surface area contributed by atoms with Crippen molar-refractivity contribution >= 4 is 40.1 Å². The molecule has 1 heterocycles. The van der Waals surface area contributed by atoms with Crippen LogP contribution in [-0.2, 0) is 14.4 Å². The van der Waals surface area contributed by atoms with E-state index in [1.54, 1.807) is 30.9 Å². The van der Waals surface area contributed by atoms with Crippen molar-refractivity contribution in [2.75, 3.05) is 22.5 Å². The number of carbonyl (C=O) groups is 3. The van der Waals surface area contributed by atoms with Crippen LogP contribution in [0.5, 0.6) is 0 Å². The number of hydrogen-bond acceptors (Lipinski definition) is 4. The Balaban J connectivity index is 1.98. The number of hydrogen-bond donors (Lipinski definition) is 1. The minimum atomic E-state index is -0.0358. The molecular formula is C16H20N2O3S. The van der Waals surface area contributed by atoms with Gasteiger partial charge in [0.25, 0.3) is 0 Å². The average Bonchev–Trinajstić information content (AvgIpc) is 2.87. The van der Waals surface area contributed by atoms with E-state index in [4.69, 9.17) is 0 Å². The summed E-state index contributed by atoms with van der Waals surface area (Å²) in [6.45, 7) is 3.98. The Bertz CT molecular complexity index is 571. The smallest absolute Gasteiger partial charge is 0.227 e. The normalized spacial score (nSPS) is 17.6. The minimum Gasteiger partial charge on any atom is -0.326 e. The maximum absolute atomic E-state index is 12.1. The first kappa shape index (κ1) is 16.5. The van der Waals surface area contributed by atoms with Gasteiger partial charge in [0.1, 0.15) is 0 Å². The molecule has 2 amide bonds. The van der Waals surface area contributed by atoms with Gasteiger partial charge in [0.05, 0.1) is 0 Å². The third-order valence-electron chi connectivity index (χ3n) is 3.51. The number of thioether (sulfide) groups is 1. The van der Waals surface area contributed by atoms with Gasteiger partial charge in [-0.05, 0) is 30.2 Å². The molecule has 2 rings (SSSR count). The molecule has 1 N–H and O–H groups in total. The summed E-state index contributed by atoms with van der Waals surface area (Å²) < 4.78 is 0. The average molecular weight is 320 g/mol. The van der Waals surface area contributed by atoms with Gasteiger partial charge in [-0.1, -0.05) is 18.7 Å². The van der Waals surface area contributed by atoms with Crippen LogP contribution < -0.4 is 10.2 Å².